The Morgan fingerprint density at radius 1 is 1.19 bits per heavy atom. The van der Waals surface area contributed by atoms with Gasteiger partial charge in [0, 0.05) is 6.42 Å². The molecule has 6 nitrogen and oxygen atoms in total. The Morgan fingerprint density at radius 3 is 2.67 bits per heavy atom. The average molecular weight is 366 g/mol. The van der Waals surface area contributed by atoms with Gasteiger partial charge in [-0.1, -0.05) is 24.3 Å². The van der Waals surface area contributed by atoms with E-state index in [0.717, 1.165) is 5.56 Å². The van der Waals surface area contributed by atoms with Gasteiger partial charge in [-0.2, -0.15) is 0 Å². The van der Waals surface area contributed by atoms with E-state index in [1.807, 2.05) is 30.3 Å². The minimum atomic E-state index is -0.844. The predicted octanol–water partition coefficient (Wildman–Crippen LogP) is 2.36. The van der Waals surface area contributed by atoms with Crippen LogP contribution in [0.2, 0.25) is 0 Å². The van der Waals surface area contributed by atoms with E-state index in [9.17, 15) is 14.7 Å². The number of aryl methyl sites for hydroxylation is 1. The molecule has 6 heteroatoms. The molecule has 0 aliphatic rings. The number of Topliss-reactive ketones (excluding diaryl/α,β-unsaturated/α-hetero) is 1. The third kappa shape index (κ3) is 5.01. The van der Waals surface area contributed by atoms with Crippen molar-refractivity contribution in [2.45, 2.75) is 32.4 Å². The van der Waals surface area contributed by atoms with Crippen molar-refractivity contribution in [3.63, 3.8) is 0 Å². The van der Waals surface area contributed by atoms with Crippen LogP contribution in [0.25, 0.3) is 10.9 Å². The van der Waals surface area contributed by atoms with Crippen molar-refractivity contribution >= 4 is 16.7 Å². The fourth-order valence-electron chi connectivity index (χ4n) is 2.78. The maximum absolute atomic E-state index is 12.4. The quantitative estimate of drug-likeness (QED) is 0.662. The summed E-state index contributed by atoms with van der Waals surface area (Å²) in [6.07, 6.45) is 1.82. The molecule has 3 aromatic rings. The Labute approximate surface area is 157 Å². The van der Waals surface area contributed by atoms with Crippen LogP contribution in [-0.4, -0.2) is 33.2 Å². The predicted molar refractivity (Wildman–Crippen MR) is 103 cm³/mol. The van der Waals surface area contributed by atoms with Gasteiger partial charge in [0.15, 0.2) is 0 Å². The second-order valence-corrected chi connectivity index (χ2v) is 6.53. The van der Waals surface area contributed by atoms with Gasteiger partial charge >= 0.3 is 0 Å². The monoisotopic (exact) mass is 366 g/mol. The largest absolute Gasteiger partial charge is 0.491 e. The molecular formula is C21H22N2O4. The summed E-state index contributed by atoms with van der Waals surface area (Å²) in [7, 11) is 0. The zero-order valence-corrected chi connectivity index (χ0v) is 15.2. The molecule has 1 heterocycles. The minimum Gasteiger partial charge on any atom is -0.491 e. The molecule has 3 rings (SSSR count). The number of aliphatic hydroxyl groups excluding tert-OH is 1. The number of nitrogens with zero attached hydrogens (tertiary/aromatic N) is 2. The van der Waals surface area contributed by atoms with Gasteiger partial charge in [0.1, 0.15) is 24.2 Å². The first-order valence-corrected chi connectivity index (χ1v) is 8.86. The van der Waals surface area contributed by atoms with Crippen molar-refractivity contribution in [3.8, 4) is 5.75 Å². The Bertz CT molecular complexity index is 979. The summed E-state index contributed by atoms with van der Waals surface area (Å²) in [6.45, 7) is 1.74. The summed E-state index contributed by atoms with van der Waals surface area (Å²) in [5, 5.41) is 10.7. The molecule has 0 saturated heterocycles. The molecule has 0 bridgehead atoms. The van der Waals surface area contributed by atoms with Gasteiger partial charge in [0.05, 0.1) is 23.8 Å². The zero-order valence-electron chi connectivity index (χ0n) is 15.2. The number of aromatic nitrogens is 2. The summed E-state index contributed by atoms with van der Waals surface area (Å²) >= 11 is 0. The zero-order chi connectivity index (χ0) is 19.2. The number of fused-ring (bicyclic) bond motifs is 1. The van der Waals surface area contributed by atoms with E-state index in [4.69, 9.17) is 4.74 Å². The number of aliphatic hydroxyl groups is 1. The molecule has 0 saturated carbocycles. The van der Waals surface area contributed by atoms with Crippen molar-refractivity contribution in [1.29, 1.82) is 0 Å². The number of ether oxygens (including phenoxy) is 1. The molecule has 1 N–H and O–H groups in total. The summed E-state index contributed by atoms with van der Waals surface area (Å²) in [4.78, 5) is 27.7. The van der Waals surface area contributed by atoms with E-state index in [0.29, 0.717) is 29.5 Å². The van der Waals surface area contributed by atoms with Crippen LogP contribution in [0.4, 0.5) is 0 Å². The second-order valence-electron chi connectivity index (χ2n) is 6.53. The number of carbonyl (C=O) groups is 1. The summed E-state index contributed by atoms with van der Waals surface area (Å²) < 4.78 is 6.99. The summed E-state index contributed by atoms with van der Waals surface area (Å²) in [5.41, 5.74) is 1.51. The highest BCUT2D eigenvalue weighted by molar-refractivity contribution is 5.77. The SMILES string of the molecule is CC(=O)CCc1ccc(OCC(O)Cn2cnc3ccccc3c2=O)cc1. The van der Waals surface area contributed by atoms with Crippen LogP contribution in [0.3, 0.4) is 0 Å². The summed E-state index contributed by atoms with van der Waals surface area (Å²) in [5.74, 6) is 0.793. The van der Waals surface area contributed by atoms with E-state index in [1.165, 1.54) is 10.9 Å². The average Bonchev–Trinajstić information content (AvgIpc) is 2.68. The molecule has 27 heavy (non-hydrogen) atoms. The third-order valence-electron chi connectivity index (χ3n) is 4.27. The van der Waals surface area contributed by atoms with Crippen LogP contribution >= 0.6 is 0 Å². The lowest BCUT2D eigenvalue weighted by molar-refractivity contribution is -0.116. The normalized spacial score (nSPS) is 12.1. The van der Waals surface area contributed by atoms with Crippen molar-refractivity contribution in [1.82, 2.24) is 9.55 Å². The first kappa shape index (κ1) is 18.8. The van der Waals surface area contributed by atoms with Crippen LogP contribution in [0, 0.1) is 0 Å². The lowest BCUT2D eigenvalue weighted by atomic mass is 10.1. The molecule has 0 aliphatic carbocycles. The smallest absolute Gasteiger partial charge is 0.261 e. The lowest BCUT2D eigenvalue weighted by Gasteiger charge is -2.14. The number of rotatable bonds is 8. The maximum atomic E-state index is 12.4. The molecule has 0 spiro atoms. The molecule has 2 aromatic carbocycles. The highest BCUT2D eigenvalue weighted by Gasteiger charge is 2.10. The van der Waals surface area contributed by atoms with E-state index in [2.05, 4.69) is 4.98 Å². The number of benzene rings is 2. The molecule has 0 radical (unpaired) electrons. The molecule has 140 valence electrons. The van der Waals surface area contributed by atoms with E-state index < -0.39 is 6.10 Å². The topological polar surface area (TPSA) is 81.4 Å². The van der Waals surface area contributed by atoms with Crippen molar-refractivity contribution < 1.29 is 14.6 Å². The van der Waals surface area contributed by atoms with Crippen LogP contribution in [0.15, 0.2) is 59.7 Å². The van der Waals surface area contributed by atoms with Crippen molar-refractivity contribution in [3.05, 3.63) is 70.8 Å². The Balaban J connectivity index is 1.57. The highest BCUT2D eigenvalue weighted by atomic mass is 16.5. The van der Waals surface area contributed by atoms with Gasteiger partial charge in [0.25, 0.3) is 5.56 Å². The van der Waals surface area contributed by atoms with Gasteiger partial charge in [-0.3, -0.25) is 9.36 Å². The number of carbonyl (C=O) groups excluding carboxylic acids is 1. The van der Waals surface area contributed by atoms with Gasteiger partial charge in [0.2, 0.25) is 0 Å². The Hall–Kier alpha value is -2.99. The fourth-order valence-corrected chi connectivity index (χ4v) is 2.78. The van der Waals surface area contributed by atoms with E-state index >= 15 is 0 Å². The van der Waals surface area contributed by atoms with E-state index in [1.54, 1.807) is 25.1 Å². The first-order chi connectivity index (χ1) is 13.0. The maximum Gasteiger partial charge on any atom is 0.261 e. The highest BCUT2D eigenvalue weighted by Crippen LogP contribution is 2.14. The van der Waals surface area contributed by atoms with Crippen LogP contribution in [-0.2, 0) is 17.8 Å². The van der Waals surface area contributed by atoms with Gasteiger partial charge < -0.3 is 14.6 Å². The molecule has 0 fully saturated rings. The summed E-state index contributed by atoms with van der Waals surface area (Å²) in [6, 6.07) is 14.5. The molecule has 1 unspecified atom stereocenters. The van der Waals surface area contributed by atoms with Crippen LogP contribution < -0.4 is 10.3 Å². The van der Waals surface area contributed by atoms with Gasteiger partial charge in [-0.05, 0) is 43.2 Å². The minimum absolute atomic E-state index is 0.0616. The Kier molecular flexibility index (Phi) is 5.98. The molecule has 1 aromatic heterocycles. The van der Waals surface area contributed by atoms with E-state index in [-0.39, 0.29) is 24.5 Å². The number of para-hydroxylation sites is 1. The first-order valence-electron chi connectivity index (χ1n) is 8.86. The van der Waals surface area contributed by atoms with Gasteiger partial charge in [-0.15, -0.1) is 0 Å². The number of hydrogen-bond acceptors (Lipinski definition) is 5. The molecule has 0 aliphatic heterocycles. The van der Waals surface area contributed by atoms with Crippen LogP contribution in [0.5, 0.6) is 5.75 Å². The van der Waals surface area contributed by atoms with Gasteiger partial charge in [-0.25, -0.2) is 4.98 Å². The van der Waals surface area contributed by atoms with Crippen molar-refractivity contribution in [2.75, 3.05) is 6.61 Å². The van der Waals surface area contributed by atoms with Crippen LogP contribution in [0.1, 0.15) is 18.9 Å². The standard InChI is InChI=1S/C21H22N2O4/c1-15(24)6-7-16-8-10-18(11-9-16)27-13-17(25)12-23-14-22-20-5-3-2-4-19(20)21(23)26/h2-5,8-11,14,17,25H,6-7,12-13H2,1H3. The van der Waals surface area contributed by atoms with Crippen molar-refractivity contribution in [2.24, 2.45) is 0 Å². The molecule has 1 atom stereocenters. The lowest BCUT2D eigenvalue weighted by Crippen LogP contribution is -2.30. The number of ketones is 1. The third-order valence-corrected chi connectivity index (χ3v) is 4.27. The second kappa shape index (κ2) is 8.60. The fraction of sp³-hybridized carbons (Fsp3) is 0.286. The molecular weight excluding hydrogens is 344 g/mol. The number of hydrogen-bond donors (Lipinski definition) is 1. The Morgan fingerprint density at radius 2 is 1.93 bits per heavy atom. The molecule has 0 amide bonds.